The maximum Gasteiger partial charge on any atom is 0.280 e. The largest absolute Gasteiger partial charge is 0.328 e. The van der Waals surface area contributed by atoms with Gasteiger partial charge in [-0.3, -0.25) is 4.68 Å². The Morgan fingerprint density at radius 2 is 2.00 bits per heavy atom. The van der Waals surface area contributed by atoms with Gasteiger partial charge in [0.05, 0.1) is 23.0 Å². The van der Waals surface area contributed by atoms with Crippen molar-refractivity contribution >= 4 is 31.3 Å². The Hall–Kier alpha value is -1.05. The molecule has 104 valence electrons. The van der Waals surface area contributed by atoms with Crippen LogP contribution in [0.4, 0.5) is 0 Å². The predicted octanol–water partition coefficient (Wildman–Crippen LogP) is 1.86. The molecule has 0 N–H and O–H groups in total. The Bertz CT molecular complexity index is 733. The van der Waals surface area contributed by atoms with Gasteiger partial charge >= 0.3 is 0 Å². The molecular formula is C10H12Cl2N4O2S. The average Bonchev–Trinajstić information content (AvgIpc) is 2.75. The minimum absolute atomic E-state index is 0.165. The van der Waals surface area contributed by atoms with Crippen LogP contribution in [0.25, 0.3) is 0 Å². The number of aryl methyl sites for hydroxylation is 3. The summed E-state index contributed by atoms with van der Waals surface area (Å²) in [7, 11) is 3.22. The van der Waals surface area contributed by atoms with Gasteiger partial charge in [-0.1, -0.05) is 11.6 Å². The van der Waals surface area contributed by atoms with Gasteiger partial charge in [0, 0.05) is 23.9 Å². The fraction of sp³-hybridized carbons (Fsp3) is 0.400. The number of hydrogen-bond donors (Lipinski definition) is 0. The molecule has 0 aliphatic carbocycles. The number of imidazole rings is 1. The zero-order chi connectivity index (χ0) is 14.4. The first-order valence-corrected chi connectivity index (χ1v) is 8.05. The normalized spacial score (nSPS) is 12.1. The molecule has 0 aliphatic heterocycles. The topological polar surface area (TPSA) is 69.8 Å². The summed E-state index contributed by atoms with van der Waals surface area (Å²) in [5, 5.41) is 4.59. The fourth-order valence-electron chi connectivity index (χ4n) is 1.77. The molecule has 0 aliphatic rings. The maximum atomic E-state index is 11.2. The van der Waals surface area contributed by atoms with Gasteiger partial charge < -0.3 is 4.57 Å². The molecule has 2 rings (SSSR count). The number of hydrogen-bond acceptors (Lipinski definition) is 4. The van der Waals surface area contributed by atoms with E-state index in [1.165, 1.54) is 6.20 Å². The van der Waals surface area contributed by atoms with E-state index in [9.17, 15) is 8.42 Å². The first-order valence-electron chi connectivity index (χ1n) is 5.36. The Kier molecular flexibility index (Phi) is 3.63. The highest BCUT2D eigenvalue weighted by molar-refractivity contribution is 8.13. The van der Waals surface area contributed by atoms with Crippen molar-refractivity contribution in [1.29, 1.82) is 0 Å². The minimum atomic E-state index is -3.83. The summed E-state index contributed by atoms with van der Waals surface area (Å²) >= 11 is 6.15. The molecule has 0 bridgehead atoms. The lowest BCUT2D eigenvalue weighted by molar-refractivity contribution is 0.606. The number of rotatable bonds is 3. The van der Waals surface area contributed by atoms with Crippen molar-refractivity contribution in [3.05, 3.63) is 28.4 Å². The monoisotopic (exact) mass is 322 g/mol. The van der Waals surface area contributed by atoms with Gasteiger partial charge in [0.2, 0.25) is 0 Å². The van der Waals surface area contributed by atoms with Crippen molar-refractivity contribution in [3.8, 4) is 0 Å². The molecule has 0 radical (unpaired) electrons. The molecule has 0 amide bonds. The van der Waals surface area contributed by atoms with Gasteiger partial charge in [-0.15, -0.1) is 0 Å². The molecule has 2 heterocycles. The van der Waals surface area contributed by atoms with Gasteiger partial charge in [0.25, 0.3) is 9.05 Å². The molecular weight excluding hydrogens is 311 g/mol. The zero-order valence-electron chi connectivity index (χ0n) is 10.6. The molecule has 9 heteroatoms. The van der Waals surface area contributed by atoms with Crippen LogP contribution in [0.5, 0.6) is 0 Å². The minimum Gasteiger partial charge on any atom is -0.328 e. The van der Waals surface area contributed by atoms with E-state index in [2.05, 4.69) is 10.1 Å². The van der Waals surface area contributed by atoms with E-state index in [4.69, 9.17) is 22.3 Å². The van der Waals surface area contributed by atoms with Gasteiger partial charge in [0.1, 0.15) is 5.82 Å². The van der Waals surface area contributed by atoms with Gasteiger partial charge in [0.15, 0.2) is 5.03 Å². The third-order valence-electron chi connectivity index (χ3n) is 2.79. The lowest BCUT2D eigenvalue weighted by Crippen LogP contribution is -2.06. The van der Waals surface area contributed by atoms with E-state index in [1.54, 1.807) is 30.1 Å². The van der Waals surface area contributed by atoms with Crippen molar-refractivity contribution in [2.24, 2.45) is 7.05 Å². The Labute approximate surface area is 120 Å². The predicted molar refractivity (Wildman–Crippen MR) is 72.1 cm³/mol. The first-order chi connectivity index (χ1) is 8.70. The molecule has 0 saturated carbocycles. The lowest BCUT2D eigenvalue weighted by Gasteiger charge is -2.05. The SMILES string of the molecule is Cc1nn(C)c(Cn2cc(S(=O)(=O)Cl)nc2C)c1Cl. The number of halogens is 2. The Balaban J connectivity index is 2.42. The van der Waals surface area contributed by atoms with E-state index in [-0.39, 0.29) is 5.03 Å². The van der Waals surface area contributed by atoms with Crippen LogP contribution in [-0.4, -0.2) is 27.7 Å². The third kappa shape index (κ3) is 2.77. The van der Waals surface area contributed by atoms with Crippen LogP contribution < -0.4 is 0 Å². The van der Waals surface area contributed by atoms with E-state index in [1.807, 2.05) is 0 Å². The Morgan fingerprint density at radius 1 is 1.37 bits per heavy atom. The van der Waals surface area contributed by atoms with Crippen LogP contribution in [0, 0.1) is 13.8 Å². The number of nitrogens with zero attached hydrogens (tertiary/aromatic N) is 4. The van der Waals surface area contributed by atoms with Crippen molar-refractivity contribution in [2.45, 2.75) is 25.4 Å². The average molecular weight is 323 g/mol. The lowest BCUT2D eigenvalue weighted by atomic mass is 10.3. The van der Waals surface area contributed by atoms with Crippen molar-refractivity contribution in [2.75, 3.05) is 0 Å². The van der Waals surface area contributed by atoms with E-state index in [0.29, 0.717) is 17.4 Å². The molecule has 19 heavy (non-hydrogen) atoms. The summed E-state index contributed by atoms with van der Waals surface area (Å²) in [5.74, 6) is 0.536. The first kappa shape index (κ1) is 14.4. The highest BCUT2D eigenvalue weighted by Crippen LogP contribution is 2.22. The highest BCUT2D eigenvalue weighted by atomic mass is 35.7. The Morgan fingerprint density at radius 3 is 2.42 bits per heavy atom. The second kappa shape index (κ2) is 4.81. The summed E-state index contributed by atoms with van der Waals surface area (Å²) in [6.45, 7) is 3.88. The fourth-order valence-corrected chi connectivity index (χ4v) is 2.71. The second-order valence-electron chi connectivity index (χ2n) is 4.16. The highest BCUT2D eigenvalue weighted by Gasteiger charge is 2.18. The maximum absolute atomic E-state index is 11.2. The molecule has 0 spiro atoms. The third-order valence-corrected chi connectivity index (χ3v) is 4.45. The smallest absolute Gasteiger partial charge is 0.280 e. The molecule has 2 aromatic heterocycles. The molecule has 0 aromatic carbocycles. The quantitative estimate of drug-likeness (QED) is 0.809. The molecule has 6 nitrogen and oxygen atoms in total. The summed E-state index contributed by atoms with van der Waals surface area (Å²) in [6, 6.07) is 0. The van der Waals surface area contributed by atoms with Crippen molar-refractivity contribution in [3.63, 3.8) is 0 Å². The molecule has 0 unspecified atom stereocenters. The zero-order valence-corrected chi connectivity index (χ0v) is 12.9. The summed E-state index contributed by atoms with van der Waals surface area (Å²) in [5.41, 5.74) is 1.50. The van der Waals surface area contributed by atoms with Crippen LogP contribution in [0.2, 0.25) is 5.02 Å². The number of aromatic nitrogens is 4. The van der Waals surface area contributed by atoms with Gasteiger partial charge in [-0.05, 0) is 13.8 Å². The molecule has 2 aromatic rings. The summed E-state index contributed by atoms with van der Waals surface area (Å²) < 4.78 is 25.8. The summed E-state index contributed by atoms with van der Waals surface area (Å²) in [6.07, 6.45) is 1.39. The van der Waals surface area contributed by atoms with Crippen molar-refractivity contribution in [1.82, 2.24) is 19.3 Å². The van der Waals surface area contributed by atoms with Crippen LogP contribution >= 0.6 is 22.3 Å². The van der Waals surface area contributed by atoms with E-state index >= 15 is 0 Å². The van der Waals surface area contributed by atoms with Crippen LogP contribution in [0.3, 0.4) is 0 Å². The van der Waals surface area contributed by atoms with Gasteiger partial charge in [-0.25, -0.2) is 13.4 Å². The van der Waals surface area contributed by atoms with Gasteiger partial charge in [-0.2, -0.15) is 5.10 Å². The standard InChI is InChI=1S/C10H12Cl2N4O2S/c1-6-10(11)8(15(3)14-6)4-16-5-9(13-7(16)2)19(12,17)18/h5H,4H2,1-3H3. The van der Waals surface area contributed by atoms with Crippen LogP contribution in [0.15, 0.2) is 11.2 Å². The van der Waals surface area contributed by atoms with E-state index < -0.39 is 9.05 Å². The second-order valence-corrected chi connectivity index (χ2v) is 7.05. The van der Waals surface area contributed by atoms with Crippen LogP contribution in [0.1, 0.15) is 17.2 Å². The summed E-state index contributed by atoms with van der Waals surface area (Å²) in [4.78, 5) is 3.91. The molecule has 0 fully saturated rings. The molecule has 0 saturated heterocycles. The van der Waals surface area contributed by atoms with E-state index in [0.717, 1.165) is 11.4 Å². The van der Waals surface area contributed by atoms with Crippen LogP contribution in [-0.2, 0) is 22.6 Å². The van der Waals surface area contributed by atoms with Crippen molar-refractivity contribution < 1.29 is 8.42 Å². The molecule has 0 atom stereocenters.